The van der Waals surface area contributed by atoms with Crippen molar-refractivity contribution in [2.75, 3.05) is 6.61 Å². The Bertz CT molecular complexity index is 1500. The number of aliphatic hydroxyl groups excluding tert-OH is 1. The van der Waals surface area contributed by atoms with Gasteiger partial charge in [0.05, 0.1) is 18.2 Å². The first-order valence-corrected chi connectivity index (χ1v) is 12.8. The van der Waals surface area contributed by atoms with Crippen LogP contribution in [0.25, 0.3) is 5.76 Å². The van der Waals surface area contributed by atoms with E-state index in [1.54, 1.807) is 67.0 Å². The number of pyridine rings is 1. The number of hydrogen-bond donors (Lipinski definition) is 1. The van der Waals surface area contributed by atoms with Crippen molar-refractivity contribution in [3.8, 4) is 17.2 Å². The minimum absolute atomic E-state index is 0.0126. The Morgan fingerprint density at radius 1 is 0.872 bits per heavy atom. The molecule has 7 heteroatoms. The smallest absolute Gasteiger partial charge is 0.295 e. The second-order valence-electron chi connectivity index (χ2n) is 9.15. The van der Waals surface area contributed by atoms with E-state index in [1.807, 2.05) is 43.3 Å². The Morgan fingerprint density at radius 2 is 1.59 bits per heavy atom. The van der Waals surface area contributed by atoms with E-state index in [9.17, 15) is 14.7 Å². The summed E-state index contributed by atoms with van der Waals surface area (Å²) < 4.78 is 11.7. The predicted molar refractivity (Wildman–Crippen MR) is 147 cm³/mol. The molecule has 1 aromatic heterocycles. The molecule has 1 saturated heterocycles. The van der Waals surface area contributed by atoms with E-state index in [-0.39, 0.29) is 17.9 Å². The van der Waals surface area contributed by atoms with Crippen LogP contribution in [0.5, 0.6) is 17.2 Å². The van der Waals surface area contributed by atoms with Gasteiger partial charge >= 0.3 is 0 Å². The van der Waals surface area contributed by atoms with Crippen LogP contribution in [0.3, 0.4) is 0 Å². The third kappa shape index (κ3) is 5.67. The largest absolute Gasteiger partial charge is 0.507 e. The highest BCUT2D eigenvalue weighted by atomic mass is 16.5. The fraction of sp³-hybridized carbons (Fsp3) is 0.156. The zero-order valence-electron chi connectivity index (χ0n) is 21.5. The van der Waals surface area contributed by atoms with Gasteiger partial charge in [0.25, 0.3) is 11.7 Å². The first-order chi connectivity index (χ1) is 19.0. The molecular formula is C32H28N2O5. The number of amides is 1. The van der Waals surface area contributed by atoms with Crippen molar-refractivity contribution in [3.05, 3.63) is 126 Å². The molecule has 1 aliphatic heterocycles. The standard InChI is InChI=1S/C32H28N2O5/c1-2-18-38-26-12-7-9-24(20-26)30(35)28-29(34(32(37)31(28)36)21-22-14-16-33-17-15-22)23-8-6-13-27(19-23)39-25-10-4-3-5-11-25/h3-17,19-20,29,35H,2,18,21H2,1H3/b30-28+. The summed E-state index contributed by atoms with van der Waals surface area (Å²) in [6, 6.07) is 26.2. The molecule has 1 aliphatic rings. The van der Waals surface area contributed by atoms with Gasteiger partial charge in [-0.15, -0.1) is 0 Å². The number of para-hydroxylation sites is 1. The first kappa shape index (κ1) is 25.7. The van der Waals surface area contributed by atoms with E-state index in [1.165, 1.54) is 4.90 Å². The SMILES string of the molecule is CCCOc1cccc(/C(O)=C2\C(=O)C(=O)N(Cc3ccncc3)C2c2cccc(Oc3ccccc3)c2)c1. The van der Waals surface area contributed by atoms with Gasteiger partial charge in [-0.25, -0.2) is 0 Å². The summed E-state index contributed by atoms with van der Waals surface area (Å²) in [5.74, 6) is 0.0770. The average Bonchev–Trinajstić information content (AvgIpc) is 3.22. The van der Waals surface area contributed by atoms with Crippen LogP contribution in [0.2, 0.25) is 0 Å². The van der Waals surface area contributed by atoms with Crippen molar-refractivity contribution in [2.45, 2.75) is 25.9 Å². The molecule has 196 valence electrons. The number of aromatic nitrogens is 1. The summed E-state index contributed by atoms with van der Waals surface area (Å²) in [5, 5.41) is 11.5. The van der Waals surface area contributed by atoms with Crippen molar-refractivity contribution in [1.29, 1.82) is 0 Å². The first-order valence-electron chi connectivity index (χ1n) is 12.8. The van der Waals surface area contributed by atoms with Crippen LogP contribution in [-0.4, -0.2) is 33.3 Å². The molecule has 1 atom stereocenters. The molecule has 0 aliphatic carbocycles. The van der Waals surface area contributed by atoms with Crippen LogP contribution in [0.4, 0.5) is 0 Å². The Balaban J connectivity index is 1.59. The molecule has 0 spiro atoms. The van der Waals surface area contributed by atoms with E-state index in [0.29, 0.717) is 35.0 Å². The minimum atomic E-state index is -0.835. The highest BCUT2D eigenvalue weighted by molar-refractivity contribution is 6.46. The Labute approximate surface area is 227 Å². The maximum Gasteiger partial charge on any atom is 0.295 e. The zero-order chi connectivity index (χ0) is 27.2. The molecule has 1 amide bonds. The second kappa shape index (κ2) is 11.6. The summed E-state index contributed by atoms with van der Waals surface area (Å²) in [6.45, 7) is 2.69. The van der Waals surface area contributed by atoms with Crippen LogP contribution < -0.4 is 9.47 Å². The highest BCUT2D eigenvalue weighted by Crippen LogP contribution is 2.41. The molecule has 1 fully saturated rings. The van der Waals surface area contributed by atoms with Crippen LogP contribution in [0, 0.1) is 0 Å². The Hall–Kier alpha value is -4.91. The number of nitrogens with zero attached hydrogens (tertiary/aromatic N) is 2. The summed E-state index contributed by atoms with van der Waals surface area (Å²) in [7, 11) is 0. The van der Waals surface area contributed by atoms with E-state index in [4.69, 9.17) is 9.47 Å². The molecule has 0 bridgehead atoms. The number of likely N-dealkylation sites (tertiary alicyclic amines) is 1. The highest BCUT2D eigenvalue weighted by Gasteiger charge is 2.46. The second-order valence-corrected chi connectivity index (χ2v) is 9.15. The van der Waals surface area contributed by atoms with Crippen molar-refractivity contribution >= 4 is 17.4 Å². The molecule has 2 heterocycles. The van der Waals surface area contributed by atoms with Gasteiger partial charge in [0.15, 0.2) is 0 Å². The summed E-state index contributed by atoms with van der Waals surface area (Å²) in [6.07, 6.45) is 4.10. The quantitative estimate of drug-likeness (QED) is 0.159. The lowest BCUT2D eigenvalue weighted by atomic mass is 9.95. The fourth-order valence-corrected chi connectivity index (χ4v) is 4.56. The van der Waals surface area contributed by atoms with Gasteiger partial charge in [-0.05, 0) is 66.1 Å². The Kier molecular flexibility index (Phi) is 7.68. The minimum Gasteiger partial charge on any atom is -0.507 e. The van der Waals surface area contributed by atoms with Crippen LogP contribution in [-0.2, 0) is 16.1 Å². The monoisotopic (exact) mass is 520 g/mol. The van der Waals surface area contributed by atoms with E-state index in [2.05, 4.69) is 4.98 Å². The lowest BCUT2D eigenvalue weighted by Crippen LogP contribution is -2.29. The Morgan fingerprint density at radius 3 is 2.36 bits per heavy atom. The number of aliphatic hydroxyl groups is 1. The van der Waals surface area contributed by atoms with Crippen LogP contribution in [0.1, 0.15) is 36.1 Å². The molecule has 0 radical (unpaired) electrons. The topological polar surface area (TPSA) is 89.0 Å². The molecule has 3 aromatic carbocycles. The van der Waals surface area contributed by atoms with Gasteiger partial charge in [0.1, 0.15) is 23.0 Å². The van der Waals surface area contributed by atoms with E-state index < -0.39 is 17.7 Å². The molecule has 7 nitrogen and oxygen atoms in total. The lowest BCUT2D eigenvalue weighted by molar-refractivity contribution is -0.140. The van der Waals surface area contributed by atoms with Gasteiger partial charge < -0.3 is 19.5 Å². The van der Waals surface area contributed by atoms with Crippen molar-refractivity contribution in [1.82, 2.24) is 9.88 Å². The number of Topliss-reactive ketones (excluding diaryl/α,β-unsaturated/α-hetero) is 1. The average molecular weight is 521 g/mol. The molecule has 1 N–H and O–H groups in total. The third-order valence-corrected chi connectivity index (χ3v) is 6.38. The van der Waals surface area contributed by atoms with Crippen molar-refractivity contribution < 1.29 is 24.2 Å². The van der Waals surface area contributed by atoms with Crippen molar-refractivity contribution in [3.63, 3.8) is 0 Å². The fourth-order valence-electron chi connectivity index (χ4n) is 4.56. The van der Waals surface area contributed by atoms with E-state index in [0.717, 1.165) is 12.0 Å². The number of carbonyl (C=O) groups is 2. The molecule has 0 saturated carbocycles. The number of carbonyl (C=O) groups excluding carboxylic acids is 2. The van der Waals surface area contributed by atoms with Gasteiger partial charge in [-0.1, -0.05) is 49.4 Å². The molecule has 39 heavy (non-hydrogen) atoms. The summed E-state index contributed by atoms with van der Waals surface area (Å²) in [4.78, 5) is 32.4. The van der Waals surface area contributed by atoms with Gasteiger partial charge in [-0.2, -0.15) is 0 Å². The number of hydrogen-bond acceptors (Lipinski definition) is 6. The predicted octanol–water partition coefficient (Wildman–Crippen LogP) is 6.28. The lowest BCUT2D eigenvalue weighted by Gasteiger charge is -2.26. The zero-order valence-corrected chi connectivity index (χ0v) is 21.5. The number of ketones is 1. The van der Waals surface area contributed by atoms with Gasteiger partial charge in [0.2, 0.25) is 0 Å². The van der Waals surface area contributed by atoms with Crippen LogP contribution >= 0.6 is 0 Å². The summed E-state index contributed by atoms with van der Waals surface area (Å²) in [5.41, 5.74) is 1.85. The third-order valence-electron chi connectivity index (χ3n) is 6.38. The van der Waals surface area contributed by atoms with Crippen molar-refractivity contribution in [2.24, 2.45) is 0 Å². The van der Waals surface area contributed by atoms with Gasteiger partial charge in [-0.3, -0.25) is 14.6 Å². The maximum absolute atomic E-state index is 13.5. The summed E-state index contributed by atoms with van der Waals surface area (Å²) >= 11 is 0. The van der Waals surface area contributed by atoms with Gasteiger partial charge in [0, 0.05) is 24.5 Å². The molecule has 5 rings (SSSR count). The molecule has 4 aromatic rings. The maximum atomic E-state index is 13.5. The van der Waals surface area contributed by atoms with Crippen LogP contribution in [0.15, 0.2) is 109 Å². The molecular weight excluding hydrogens is 492 g/mol. The van der Waals surface area contributed by atoms with E-state index >= 15 is 0 Å². The number of benzene rings is 3. The molecule has 1 unspecified atom stereocenters. The normalized spacial score (nSPS) is 16.3. The number of rotatable bonds is 9. The number of ether oxygens (including phenoxy) is 2.